The summed E-state index contributed by atoms with van der Waals surface area (Å²) in [6.07, 6.45) is 6.83. The molecule has 0 saturated heterocycles. The predicted molar refractivity (Wildman–Crippen MR) is 171 cm³/mol. The summed E-state index contributed by atoms with van der Waals surface area (Å²) in [6, 6.07) is 19.2. The maximum absolute atomic E-state index is 14.3. The number of hydrogen-bond donors (Lipinski definition) is 2. The van der Waals surface area contributed by atoms with Crippen molar-refractivity contribution in [3.05, 3.63) is 82.4 Å². The number of fused-ring (bicyclic) bond motifs is 2. The molecule has 3 aromatic rings. The van der Waals surface area contributed by atoms with Gasteiger partial charge in [-0.3, -0.25) is 9.79 Å². The Morgan fingerprint density at radius 3 is 2.27 bits per heavy atom. The first-order valence-corrected chi connectivity index (χ1v) is 15.4. The molecule has 1 saturated carbocycles. The van der Waals surface area contributed by atoms with Crippen molar-refractivity contribution in [2.75, 3.05) is 13.1 Å². The maximum atomic E-state index is 14.3. The maximum Gasteiger partial charge on any atom is 0.254 e. The lowest BCUT2D eigenvalue weighted by Gasteiger charge is -2.42. The zero-order chi connectivity index (χ0) is 29.4. The molecule has 2 aliphatic rings. The number of amides is 1. The molecule has 0 bridgehead atoms. The smallest absolute Gasteiger partial charge is 0.254 e. The van der Waals surface area contributed by atoms with Gasteiger partial charge in [0.25, 0.3) is 5.91 Å². The summed E-state index contributed by atoms with van der Waals surface area (Å²) in [5.41, 5.74) is 17.8. The summed E-state index contributed by atoms with van der Waals surface area (Å²) < 4.78 is 0. The summed E-state index contributed by atoms with van der Waals surface area (Å²) in [6.45, 7) is 13.7. The van der Waals surface area contributed by atoms with Gasteiger partial charge in [0.2, 0.25) is 0 Å². The molecule has 0 aliphatic heterocycles. The largest absolute Gasteiger partial charge is 0.370 e. The van der Waals surface area contributed by atoms with Crippen LogP contribution in [0.25, 0.3) is 10.8 Å². The Kier molecular flexibility index (Phi) is 8.18. The van der Waals surface area contributed by atoms with Crippen LogP contribution in [0.3, 0.4) is 0 Å². The fourth-order valence-electron chi connectivity index (χ4n) is 7.15. The van der Waals surface area contributed by atoms with Gasteiger partial charge in [-0.25, -0.2) is 0 Å². The number of aryl methyl sites for hydroxylation is 1. The van der Waals surface area contributed by atoms with Crippen molar-refractivity contribution >= 4 is 22.6 Å². The molecule has 0 heterocycles. The number of carbonyl (C=O) groups excluding carboxylic acids is 1. The van der Waals surface area contributed by atoms with Crippen molar-refractivity contribution in [3.63, 3.8) is 0 Å². The van der Waals surface area contributed by atoms with Crippen LogP contribution >= 0.6 is 0 Å². The van der Waals surface area contributed by atoms with Crippen LogP contribution in [0.15, 0.2) is 59.6 Å². The molecular formula is C36H48N4O. The Balaban J connectivity index is 1.47. The van der Waals surface area contributed by atoms with E-state index < -0.39 is 0 Å². The fraction of sp³-hybridized carbons (Fsp3) is 0.500. The molecule has 1 fully saturated rings. The predicted octanol–water partition coefficient (Wildman–Crippen LogP) is 7.22. The highest BCUT2D eigenvalue weighted by atomic mass is 16.2. The average molecular weight is 553 g/mol. The van der Waals surface area contributed by atoms with Gasteiger partial charge >= 0.3 is 0 Å². The van der Waals surface area contributed by atoms with E-state index in [0.717, 1.165) is 48.6 Å². The number of nitrogens with zero attached hydrogens (tertiary/aromatic N) is 2. The molecule has 2 unspecified atom stereocenters. The molecule has 1 amide bonds. The van der Waals surface area contributed by atoms with Gasteiger partial charge in [0, 0.05) is 25.2 Å². The number of benzene rings is 3. The van der Waals surface area contributed by atoms with Crippen LogP contribution in [0, 0.1) is 18.8 Å². The summed E-state index contributed by atoms with van der Waals surface area (Å²) >= 11 is 0. The molecule has 0 radical (unpaired) electrons. The van der Waals surface area contributed by atoms with Gasteiger partial charge in [0.05, 0.1) is 0 Å². The van der Waals surface area contributed by atoms with Gasteiger partial charge in [-0.05, 0) is 107 Å². The highest BCUT2D eigenvalue weighted by Gasteiger charge is 2.37. The molecule has 5 nitrogen and oxygen atoms in total. The molecule has 0 spiro atoms. The van der Waals surface area contributed by atoms with Gasteiger partial charge in [-0.2, -0.15) is 0 Å². The minimum absolute atomic E-state index is 0.110. The minimum Gasteiger partial charge on any atom is -0.370 e. The monoisotopic (exact) mass is 552 g/mol. The fourth-order valence-corrected chi connectivity index (χ4v) is 7.15. The first-order chi connectivity index (χ1) is 19.4. The quantitative estimate of drug-likeness (QED) is 0.240. The van der Waals surface area contributed by atoms with Crippen molar-refractivity contribution < 1.29 is 4.79 Å². The summed E-state index contributed by atoms with van der Waals surface area (Å²) in [7, 11) is 0. The Hall–Kier alpha value is -3.34. The second-order valence-electron chi connectivity index (χ2n) is 14.0. The van der Waals surface area contributed by atoms with Crippen molar-refractivity contribution in [1.29, 1.82) is 0 Å². The summed E-state index contributed by atoms with van der Waals surface area (Å²) in [5.74, 6) is 1.16. The third-order valence-corrected chi connectivity index (χ3v) is 9.86. The van der Waals surface area contributed by atoms with Crippen molar-refractivity contribution in [2.24, 2.45) is 28.3 Å². The van der Waals surface area contributed by atoms with E-state index in [1.54, 1.807) is 0 Å². The second-order valence-corrected chi connectivity index (χ2v) is 14.0. The topological polar surface area (TPSA) is 84.7 Å². The lowest BCUT2D eigenvalue weighted by atomic mass is 9.62. The molecule has 3 aromatic carbocycles. The molecular weight excluding hydrogens is 504 g/mol. The highest BCUT2D eigenvalue weighted by Crippen LogP contribution is 2.46. The van der Waals surface area contributed by atoms with E-state index >= 15 is 0 Å². The molecule has 41 heavy (non-hydrogen) atoms. The number of hydrogen-bond acceptors (Lipinski definition) is 2. The first-order valence-electron chi connectivity index (χ1n) is 15.4. The first kappa shape index (κ1) is 29.2. The molecule has 2 aliphatic carbocycles. The summed E-state index contributed by atoms with van der Waals surface area (Å²) in [5, 5.41) is 2.25. The van der Waals surface area contributed by atoms with E-state index in [4.69, 9.17) is 11.5 Å². The van der Waals surface area contributed by atoms with E-state index in [2.05, 4.69) is 80.9 Å². The van der Waals surface area contributed by atoms with Crippen LogP contribution in [0.4, 0.5) is 0 Å². The SMILES string of the molecule is Cc1cc2c(cc1CN(CC1CCCC(CN=C(N)N)C1)C(=O)c1ccc3ccccc3c1)C(C)(C)CCC2(C)C. The van der Waals surface area contributed by atoms with Gasteiger partial charge in [-0.15, -0.1) is 0 Å². The Bertz CT molecular complexity index is 1450. The van der Waals surface area contributed by atoms with Crippen LogP contribution in [0.2, 0.25) is 0 Å². The van der Waals surface area contributed by atoms with E-state index in [1.807, 2.05) is 18.2 Å². The van der Waals surface area contributed by atoms with Crippen LogP contribution in [0.5, 0.6) is 0 Å². The molecule has 2 atom stereocenters. The Morgan fingerprint density at radius 1 is 0.902 bits per heavy atom. The van der Waals surface area contributed by atoms with Crippen LogP contribution in [0.1, 0.15) is 98.8 Å². The van der Waals surface area contributed by atoms with Gasteiger partial charge in [-0.1, -0.05) is 76.6 Å². The van der Waals surface area contributed by atoms with Crippen LogP contribution < -0.4 is 11.5 Å². The van der Waals surface area contributed by atoms with Gasteiger partial charge in [0.15, 0.2) is 5.96 Å². The lowest BCUT2D eigenvalue weighted by molar-refractivity contribution is 0.0686. The van der Waals surface area contributed by atoms with E-state index in [-0.39, 0.29) is 22.7 Å². The van der Waals surface area contributed by atoms with E-state index in [0.29, 0.717) is 24.9 Å². The average Bonchev–Trinajstić information content (AvgIpc) is 2.94. The van der Waals surface area contributed by atoms with E-state index in [9.17, 15) is 4.79 Å². The Labute approximate surface area is 246 Å². The Morgan fingerprint density at radius 2 is 1.56 bits per heavy atom. The number of nitrogens with two attached hydrogens (primary N) is 2. The van der Waals surface area contributed by atoms with E-state index in [1.165, 1.54) is 35.1 Å². The number of carbonyl (C=O) groups is 1. The standard InChI is InChI=1S/C36H48N4O/c1-24-17-31-32(36(4,5)16-15-35(31,2)3)20-30(24)23-40(22-26-10-8-9-25(18-26)21-39-34(37)38)33(41)29-14-13-27-11-6-7-12-28(27)19-29/h6-7,11-14,17,19-20,25-26H,8-10,15-16,18,21-23H2,1-5H3,(H4,37,38,39). The molecule has 5 heteroatoms. The van der Waals surface area contributed by atoms with Crippen LogP contribution in [-0.4, -0.2) is 29.9 Å². The lowest BCUT2D eigenvalue weighted by Crippen LogP contribution is -2.38. The third kappa shape index (κ3) is 6.45. The number of guanidine groups is 1. The molecule has 0 aromatic heterocycles. The molecule has 5 rings (SSSR count). The zero-order valence-electron chi connectivity index (χ0n) is 25.7. The second kappa shape index (κ2) is 11.5. The van der Waals surface area contributed by atoms with Gasteiger partial charge in [0.1, 0.15) is 0 Å². The normalized spacial score (nSPS) is 21.2. The highest BCUT2D eigenvalue weighted by molar-refractivity contribution is 5.98. The molecule has 218 valence electrons. The summed E-state index contributed by atoms with van der Waals surface area (Å²) in [4.78, 5) is 20.7. The van der Waals surface area contributed by atoms with Gasteiger partial charge < -0.3 is 16.4 Å². The number of rotatable bonds is 7. The van der Waals surface area contributed by atoms with Crippen molar-refractivity contribution in [3.8, 4) is 0 Å². The van der Waals surface area contributed by atoms with Crippen LogP contribution in [-0.2, 0) is 17.4 Å². The number of aliphatic imine (C=N–C) groups is 1. The zero-order valence-corrected chi connectivity index (χ0v) is 25.7. The molecule has 4 N–H and O–H groups in total. The third-order valence-electron chi connectivity index (χ3n) is 9.86. The minimum atomic E-state index is 0.110. The van der Waals surface area contributed by atoms with Crippen molar-refractivity contribution in [2.45, 2.75) is 90.5 Å². The van der Waals surface area contributed by atoms with Crippen molar-refractivity contribution in [1.82, 2.24) is 4.90 Å².